The fourth-order valence-electron chi connectivity index (χ4n) is 2.93. The van der Waals surface area contributed by atoms with Gasteiger partial charge >= 0.3 is 0 Å². The zero-order valence-electron chi connectivity index (χ0n) is 13.3. The molecule has 0 spiro atoms. The molecule has 2 heterocycles. The molecule has 7 heteroatoms. The molecule has 0 saturated carbocycles. The molecule has 0 aliphatic carbocycles. The maximum atomic E-state index is 13.3. The molecule has 4 nitrogen and oxygen atoms in total. The molecule has 1 fully saturated rings. The summed E-state index contributed by atoms with van der Waals surface area (Å²) in [6, 6.07) is 10.3. The third kappa shape index (κ3) is 3.19. The van der Waals surface area contributed by atoms with Gasteiger partial charge in [-0.15, -0.1) is 0 Å². The van der Waals surface area contributed by atoms with E-state index in [2.05, 4.69) is 9.88 Å². The highest BCUT2D eigenvalue weighted by atomic mass is 32.1. The molecule has 0 bridgehead atoms. The molecule has 1 aliphatic rings. The van der Waals surface area contributed by atoms with Crippen LogP contribution in [0.4, 0.5) is 13.9 Å². The molecule has 3 aromatic rings. The molecular weight excluding hydrogens is 344 g/mol. The zero-order valence-corrected chi connectivity index (χ0v) is 14.1. The Morgan fingerprint density at radius 2 is 1.76 bits per heavy atom. The molecule has 0 unspecified atom stereocenters. The smallest absolute Gasteiger partial charge is 0.254 e. The average molecular weight is 359 g/mol. The number of hydrogen-bond acceptors (Lipinski definition) is 4. The van der Waals surface area contributed by atoms with Crippen molar-refractivity contribution in [1.82, 2.24) is 9.88 Å². The van der Waals surface area contributed by atoms with Crippen molar-refractivity contribution in [2.24, 2.45) is 0 Å². The second-order valence-corrected chi connectivity index (χ2v) is 6.91. The van der Waals surface area contributed by atoms with Crippen LogP contribution >= 0.6 is 11.3 Å². The fourth-order valence-corrected chi connectivity index (χ4v) is 3.97. The van der Waals surface area contributed by atoms with Gasteiger partial charge in [0.15, 0.2) is 5.13 Å². The van der Waals surface area contributed by atoms with E-state index in [9.17, 15) is 13.6 Å². The Hall–Kier alpha value is -2.54. The van der Waals surface area contributed by atoms with Gasteiger partial charge < -0.3 is 9.80 Å². The summed E-state index contributed by atoms with van der Waals surface area (Å²) in [6.07, 6.45) is 0. The Balaban J connectivity index is 1.46. The van der Waals surface area contributed by atoms with Crippen molar-refractivity contribution < 1.29 is 13.6 Å². The summed E-state index contributed by atoms with van der Waals surface area (Å²) < 4.78 is 27.4. The lowest BCUT2D eigenvalue weighted by atomic mass is 10.2. The van der Waals surface area contributed by atoms with E-state index in [4.69, 9.17) is 0 Å². The van der Waals surface area contributed by atoms with Crippen LogP contribution in [-0.4, -0.2) is 42.0 Å². The van der Waals surface area contributed by atoms with Gasteiger partial charge in [-0.3, -0.25) is 4.79 Å². The second-order valence-electron chi connectivity index (χ2n) is 5.90. The number of benzene rings is 2. The van der Waals surface area contributed by atoms with E-state index in [1.54, 1.807) is 23.1 Å². The average Bonchev–Trinajstić information content (AvgIpc) is 3.04. The maximum absolute atomic E-state index is 13.3. The molecule has 0 atom stereocenters. The minimum atomic E-state index is -0.411. The molecule has 128 valence electrons. The number of rotatable bonds is 2. The van der Waals surface area contributed by atoms with E-state index in [0.717, 1.165) is 15.3 Å². The number of fused-ring (bicyclic) bond motifs is 1. The molecular formula is C18H15F2N3OS. The van der Waals surface area contributed by atoms with Gasteiger partial charge in [0.1, 0.15) is 11.6 Å². The van der Waals surface area contributed by atoms with Crippen molar-refractivity contribution in [3.05, 3.63) is 59.7 Å². The standard InChI is InChI=1S/C18H15F2N3OS/c19-13-3-1-2-12(10-13)17(24)22-6-8-23(9-7-22)18-21-15-5-4-14(20)11-16(15)25-18/h1-5,10-11H,6-9H2. The van der Waals surface area contributed by atoms with Crippen molar-refractivity contribution in [1.29, 1.82) is 0 Å². The number of amides is 1. The first-order chi connectivity index (χ1) is 12.1. The van der Waals surface area contributed by atoms with Crippen LogP contribution < -0.4 is 4.90 Å². The maximum Gasteiger partial charge on any atom is 0.254 e. The summed E-state index contributed by atoms with van der Waals surface area (Å²) >= 11 is 1.45. The highest BCUT2D eigenvalue weighted by Gasteiger charge is 2.24. The van der Waals surface area contributed by atoms with Crippen molar-refractivity contribution >= 4 is 32.6 Å². The first-order valence-electron chi connectivity index (χ1n) is 7.96. The third-order valence-corrected chi connectivity index (χ3v) is 5.33. The van der Waals surface area contributed by atoms with E-state index in [1.807, 2.05) is 0 Å². The number of nitrogens with zero attached hydrogens (tertiary/aromatic N) is 3. The monoisotopic (exact) mass is 359 g/mol. The van der Waals surface area contributed by atoms with Crippen LogP contribution in [0.2, 0.25) is 0 Å². The molecule has 1 aliphatic heterocycles. The zero-order chi connectivity index (χ0) is 17.4. The molecule has 0 N–H and O–H groups in total. The van der Waals surface area contributed by atoms with Gasteiger partial charge in [0.05, 0.1) is 10.2 Å². The van der Waals surface area contributed by atoms with Crippen LogP contribution in [0.15, 0.2) is 42.5 Å². The second kappa shape index (κ2) is 6.40. The van der Waals surface area contributed by atoms with E-state index >= 15 is 0 Å². The first-order valence-corrected chi connectivity index (χ1v) is 8.78. The fraction of sp³-hybridized carbons (Fsp3) is 0.222. The quantitative estimate of drug-likeness (QED) is 0.702. The van der Waals surface area contributed by atoms with Crippen LogP contribution in [-0.2, 0) is 0 Å². The van der Waals surface area contributed by atoms with Crippen LogP contribution in [0.1, 0.15) is 10.4 Å². The van der Waals surface area contributed by atoms with Crippen LogP contribution in [0.5, 0.6) is 0 Å². The number of piperazine rings is 1. The Morgan fingerprint density at radius 3 is 2.52 bits per heavy atom. The number of anilines is 1. The number of aromatic nitrogens is 1. The normalized spacial score (nSPS) is 15.0. The van der Waals surface area contributed by atoms with Crippen LogP contribution in [0.3, 0.4) is 0 Å². The first kappa shape index (κ1) is 16.0. The lowest BCUT2D eigenvalue weighted by Gasteiger charge is -2.34. The molecule has 1 aromatic heterocycles. The lowest BCUT2D eigenvalue weighted by molar-refractivity contribution is 0.0746. The summed E-state index contributed by atoms with van der Waals surface area (Å²) in [5.41, 5.74) is 1.14. The number of carbonyl (C=O) groups is 1. The van der Waals surface area contributed by atoms with Crippen LogP contribution in [0.25, 0.3) is 10.2 Å². The SMILES string of the molecule is O=C(c1cccc(F)c1)N1CCN(c2nc3ccc(F)cc3s2)CC1. The molecule has 4 rings (SSSR count). The Labute approximate surface area is 147 Å². The third-order valence-electron chi connectivity index (χ3n) is 4.25. The van der Waals surface area contributed by atoms with Gasteiger partial charge in [-0.2, -0.15) is 0 Å². The largest absolute Gasteiger partial charge is 0.345 e. The van der Waals surface area contributed by atoms with E-state index in [-0.39, 0.29) is 11.7 Å². The summed E-state index contributed by atoms with van der Waals surface area (Å²) in [4.78, 5) is 20.8. The molecule has 0 radical (unpaired) electrons. The number of thiazole rings is 1. The molecule has 1 amide bonds. The predicted molar refractivity (Wildman–Crippen MR) is 94.1 cm³/mol. The highest BCUT2D eigenvalue weighted by molar-refractivity contribution is 7.22. The Bertz CT molecular complexity index is 935. The Morgan fingerprint density at radius 1 is 1.00 bits per heavy atom. The van der Waals surface area contributed by atoms with Crippen LogP contribution in [0, 0.1) is 11.6 Å². The summed E-state index contributed by atoms with van der Waals surface area (Å²) in [7, 11) is 0. The topological polar surface area (TPSA) is 36.4 Å². The molecule has 2 aromatic carbocycles. The molecule has 1 saturated heterocycles. The number of hydrogen-bond donors (Lipinski definition) is 0. The highest BCUT2D eigenvalue weighted by Crippen LogP contribution is 2.30. The predicted octanol–water partition coefficient (Wildman–Crippen LogP) is 3.54. The van der Waals surface area contributed by atoms with Gasteiger partial charge in [0, 0.05) is 31.7 Å². The summed E-state index contributed by atoms with van der Waals surface area (Å²) in [6.45, 7) is 2.37. The van der Waals surface area contributed by atoms with Gasteiger partial charge in [-0.1, -0.05) is 17.4 Å². The van der Waals surface area contributed by atoms with E-state index < -0.39 is 5.82 Å². The summed E-state index contributed by atoms with van der Waals surface area (Å²) in [5, 5.41) is 0.832. The van der Waals surface area contributed by atoms with E-state index in [1.165, 1.54) is 35.6 Å². The minimum absolute atomic E-state index is 0.162. The van der Waals surface area contributed by atoms with Crippen molar-refractivity contribution in [2.75, 3.05) is 31.1 Å². The van der Waals surface area contributed by atoms with Crippen molar-refractivity contribution in [3.8, 4) is 0 Å². The van der Waals surface area contributed by atoms with Gasteiger partial charge in [-0.25, -0.2) is 13.8 Å². The van der Waals surface area contributed by atoms with Crippen molar-refractivity contribution in [2.45, 2.75) is 0 Å². The Kier molecular flexibility index (Phi) is 4.09. The summed E-state index contributed by atoms with van der Waals surface area (Å²) in [5.74, 6) is -0.843. The van der Waals surface area contributed by atoms with Gasteiger partial charge in [-0.05, 0) is 36.4 Å². The minimum Gasteiger partial charge on any atom is -0.345 e. The number of halogens is 2. The van der Waals surface area contributed by atoms with Gasteiger partial charge in [0.25, 0.3) is 5.91 Å². The number of carbonyl (C=O) groups excluding carboxylic acids is 1. The lowest BCUT2D eigenvalue weighted by Crippen LogP contribution is -2.48. The molecule has 25 heavy (non-hydrogen) atoms. The van der Waals surface area contributed by atoms with Crippen molar-refractivity contribution in [3.63, 3.8) is 0 Å². The van der Waals surface area contributed by atoms with Gasteiger partial charge in [0.2, 0.25) is 0 Å². The van der Waals surface area contributed by atoms with E-state index in [0.29, 0.717) is 31.7 Å².